The zero-order valence-electron chi connectivity index (χ0n) is 18.5. The normalized spacial score (nSPS) is 19.3. The van der Waals surface area contributed by atoms with E-state index in [4.69, 9.17) is 16.6 Å². The van der Waals surface area contributed by atoms with Gasteiger partial charge in [-0.15, -0.1) is 10.2 Å². The molecule has 1 aliphatic heterocycles. The van der Waals surface area contributed by atoms with Crippen LogP contribution in [0.3, 0.4) is 0 Å². The fourth-order valence-electron chi connectivity index (χ4n) is 4.93. The highest BCUT2D eigenvalue weighted by Gasteiger charge is 2.35. The van der Waals surface area contributed by atoms with Crippen LogP contribution in [0.25, 0.3) is 27.9 Å². The average molecular weight is 461 g/mol. The number of amides is 1. The van der Waals surface area contributed by atoms with Crippen LogP contribution in [-0.4, -0.2) is 56.1 Å². The molecule has 3 heterocycles. The summed E-state index contributed by atoms with van der Waals surface area (Å²) in [4.78, 5) is 22.2. The Morgan fingerprint density at radius 3 is 2.61 bits per heavy atom. The minimum atomic E-state index is 0.107. The first-order valence-corrected chi connectivity index (χ1v) is 11.9. The Kier molecular flexibility index (Phi) is 4.94. The minimum absolute atomic E-state index is 0.107. The summed E-state index contributed by atoms with van der Waals surface area (Å²) in [5.74, 6) is 2.07. The molecule has 1 amide bonds. The fourth-order valence-corrected chi connectivity index (χ4v) is 5.10. The van der Waals surface area contributed by atoms with E-state index >= 15 is 0 Å². The van der Waals surface area contributed by atoms with Crippen LogP contribution < -0.4 is 4.90 Å². The van der Waals surface area contributed by atoms with E-state index < -0.39 is 0 Å². The van der Waals surface area contributed by atoms with Crippen molar-refractivity contribution < 1.29 is 4.79 Å². The van der Waals surface area contributed by atoms with Gasteiger partial charge in [0, 0.05) is 47.6 Å². The molecular weight excluding hydrogens is 436 g/mol. The lowest BCUT2D eigenvalue weighted by Gasteiger charge is -2.43. The van der Waals surface area contributed by atoms with Crippen molar-refractivity contribution in [2.45, 2.75) is 32.2 Å². The van der Waals surface area contributed by atoms with E-state index in [0.717, 1.165) is 46.7 Å². The summed E-state index contributed by atoms with van der Waals surface area (Å²) in [5, 5.41) is 10.6. The van der Waals surface area contributed by atoms with Gasteiger partial charge >= 0.3 is 0 Å². The van der Waals surface area contributed by atoms with Gasteiger partial charge in [0.25, 0.3) is 0 Å². The molecule has 0 N–H and O–H groups in total. The molecule has 1 saturated carbocycles. The number of benzene rings is 2. The molecule has 33 heavy (non-hydrogen) atoms. The Bertz CT molecular complexity index is 1350. The Morgan fingerprint density at radius 2 is 1.88 bits per heavy atom. The van der Waals surface area contributed by atoms with Gasteiger partial charge in [0.2, 0.25) is 11.9 Å². The highest BCUT2D eigenvalue weighted by Crippen LogP contribution is 2.32. The summed E-state index contributed by atoms with van der Waals surface area (Å²) in [7, 11) is 0. The number of nitrogens with zero attached hydrogens (tertiary/aromatic N) is 6. The standard InChI is InChI=1S/C25H25ClN6O/c1-16-15-30(12-13-31(16)24(33)18-8-5-9-18)25-27-21-14-19(26)10-11-20(21)23-29-28-22(32(23)25)17-6-3-2-4-7-17/h2-4,6-7,10-11,14,16,18H,5,8-9,12-13,15H2,1H3/t16-/m0/s1. The second-order valence-electron chi connectivity index (χ2n) is 9.08. The molecule has 1 saturated heterocycles. The Morgan fingerprint density at radius 1 is 1.06 bits per heavy atom. The third-order valence-electron chi connectivity index (χ3n) is 6.96. The molecule has 6 rings (SSSR count). The number of aromatic nitrogens is 4. The van der Waals surface area contributed by atoms with Crippen molar-refractivity contribution in [1.82, 2.24) is 24.5 Å². The lowest BCUT2D eigenvalue weighted by Crippen LogP contribution is -2.56. The molecular formula is C25H25ClN6O. The zero-order chi connectivity index (χ0) is 22.5. The van der Waals surface area contributed by atoms with E-state index in [0.29, 0.717) is 30.6 Å². The number of piperazine rings is 1. The first-order chi connectivity index (χ1) is 16.1. The quantitative estimate of drug-likeness (QED) is 0.452. The van der Waals surface area contributed by atoms with Gasteiger partial charge in [-0.25, -0.2) is 9.38 Å². The van der Waals surface area contributed by atoms with Crippen LogP contribution in [0.15, 0.2) is 48.5 Å². The lowest BCUT2D eigenvalue weighted by atomic mass is 9.84. The first-order valence-electron chi connectivity index (χ1n) is 11.6. The smallest absolute Gasteiger partial charge is 0.226 e. The second kappa shape index (κ2) is 7.99. The van der Waals surface area contributed by atoms with Gasteiger partial charge < -0.3 is 9.80 Å². The number of rotatable bonds is 3. The number of carbonyl (C=O) groups excluding carboxylic acids is 1. The maximum atomic E-state index is 12.9. The van der Waals surface area contributed by atoms with Crippen molar-refractivity contribution in [1.29, 1.82) is 0 Å². The molecule has 0 unspecified atom stereocenters. The molecule has 0 spiro atoms. The van der Waals surface area contributed by atoms with Crippen molar-refractivity contribution in [3.63, 3.8) is 0 Å². The molecule has 1 atom stereocenters. The molecule has 8 heteroatoms. The molecule has 2 fully saturated rings. The van der Waals surface area contributed by atoms with Gasteiger partial charge in [0.15, 0.2) is 11.5 Å². The zero-order valence-corrected chi connectivity index (χ0v) is 19.2. The highest BCUT2D eigenvalue weighted by molar-refractivity contribution is 6.31. The van der Waals surface area contributed by atoms with Gasteiger partial charge in [-0.1, -0.05) is 48.4 Å². The minimum Gasteiger partial charge on any atom is -0.338 e. The van der Waals surface area contributed by atoms with Crippen molar-refractivity contribution in [2.75, 3.05) is 24.5 Å². The van der Waals surface area contributed by atoms with E-state index in [1.807, 2.05) is 52.9 Å². The lowest BCUT2D eigenvalue weighted by molar-refractivity contribution is -0.140. The summed E-state index contributed by atoms with van der Waals surface area (Å²) in [6, 6.07) is 15.8. The topological polar surface area (TPSA) is 66.6 Å². The van der Waals surface area contributed by atoms with E-state index in [1.54, 1.807) is 0 Å². The van der Waals surface area contributed by atoms with Crippen LogP contribution in [0, 0.1) is 5.92 Å². The van der Waals surface area contributed by atoms with Gasteiger partial charge in [0.1, 0.15) is 0 Å². The van der Waals surface area contributed by atoms with E-state index in [2.05, 4.69) is 26.9 Å². The monoisotopic (exact) mass is 460 g/mol. The third kappa shape index (κ3) is 3.42. The van der Waals surface area contributed by atoms with E-state index in [9.17, 15) is 4.79 Å². The molecule has 7 nitrogen and oxygen atoms in total. The Balaban J connectivity index is 1.45. The number of hydrogen-bond donors (Lipinski definition) is 0. The molecule has 2 aliphatic rings. The largest absolute Gasteiger partial charge is 0.338 e. The number of anilines is 1. The molecule has 4 aromatic rings. The van der Waals surface area contributed by atoms with Crippen LogP contribution in [-0.2, 0) is 4.79 Å². The summed E-state index contributed by atoms with van der Waals surface area (Å²) in [5.41, 5.74) is 2.52. The molecule has 168 valence electrons. The van der Waals surface area contributed by atoms with Gasteiger partial charge in [-0.05, 0) is 38.0 Å². The fraction of sp³-hybridized carbons (Fsp3) is 0.360. The second-order valence-corrected chi connectivity index (χ2v) is 9.51. The third-order valence-corrected chi connectivity index (χ3v) is 7.20. The first kappa shape index (κ1) is 20.4. The highest BCUT2D eigenvalue weighted by atomic mass is 35.5. The van der Waals surface area contributed by atoms with Gasteiger partial charge in [-0.3, -0.25) is 4.79 Å². The van der Waals surface area contributed by atoms with Crippen LogP contribution in [0.5, 0.6) is 0 Å². The maximum absolute atomic E-state index is 12.9. The summed E-state index contributed by atoms with van der Waals surface area (Å²) < 4.78 is 2.04. The number of halogens is 1. The Labute approximate surface area is 197 Å². The van der Waals surface area contributed by atoms with Crippen LogP contribution >= 0.6 is 11.6 Å². The van der Waals surface area contributed by atoms with Crippen molar-refractivity contribution in [3.8, 4) is 11.4 Å². The van der Waals surface area contributed by atoms with Gasteiger partial charge in [0.05, 0.1) is 5.52 Å². The van der Waals surface area contributed by atoms with Crippen LogP contribution in [0.2, 0.25) is 5.02 Å². The molecule has 2 aromatic carbocycles. The summed E-state index contributed by atoms with van der Waals surface area (Å²) in [6.07, 6.45) is 3.23. The van der Waals surface area contributed by atoms with E-state index in [-0.39, 0.29) is 12.0 Å². The SMILES string of the molecule is C[C@H]1CN(c2nc3cc(Cl)ccc3c3nnc(-c4ccccc4)n23)CCN1C(=O)C1CCC1. The van der Waals surface area contributed by atoms with E-state index in [1.165, 1.54) is 6.42 Å². The molecule has 1 aliphatic carbocycles. The van der Waals surface area contributed by atoms with Gasteiger partial charge in [-0.2, -0.15) is 0 Å². The van der Waals surface area contributed by atoms with Crippen molar-refractivity contribution >= 4 is 40.0 Å². The van der Waals surface area contributed by atoms with Crippen LogP contribution in [0.4, 0.5) is 5.95 Å². The van der Waals surface area contributed by atoms with Crippen LogP contribution in [0.1, 0.15) is 26.2 Å². The predicted molar refractivity (Wildman–Crippen MR) is 129 cm³/mol. The van der Waals surface area contributed by atoms with Crippen molar-refractivity contribution in [2.24, 2.45) is 5.92 Å². The number of carbonyl (C=O) groups is 1. The molecule has 0 bridgehead atoms. The average Bonchev–Trinajstić information content (AvgIpc) is 3.23. The van der Waals surface area contributed by atoms with Crippen molar-refractivity contribution in [3.05, 3.63) is 53.6 Å². The summed E-state index contributed by atoms with van der Waals surface area (Å²) in [6.45, 7) is 4.24. The molecule has 2 aromatic heterocycles. The summed E-state index contributed by atoms with van der Waals surface area (Å²) >= 11 is 6.29. The molecule has 0 radical (unpaired) electrons. The maximum Gasteiger partial charge on any atom is 0.226 e. The number of hydrogen-bond acceptors (Lipinski definition) is 5. The number of fused-ring (bicyclic) bond motifs is 3. The Hall–Kier alpha value is -3.19. The predicted octanol–water partition coefficient (Wildman–Crippen LogP) is 4.44.